The van der Waals surface area contributed by atoms with E-state index in [9.17, 15) is 4.79 Å². The maximum atomic E-state index is 11.8. The van der Waals surface area contributed by atoms with Crippen molar-refractivity contribution in [1.82, 2.24) is 20.5 Å². The molecule has 6 nitrogen and oxygen atoms in total. The first-order valence-electron chi connectivity index (χ1n) is 8.78. The molecule has 1 heterocycles. The van der Waals surface area contributed by atoms with E-state index >= 15 is 0 Å². The lowest BCUT2D eigenvalue weighted by Crippen LogP contribution is -2.39. The Morgan fingerprint density at radius 3 is 2.76 bits per heavy atom. The molecule has 0 aliphatic heterocycles. The quantitative estimate of drug-likeness (QED) is 0.261. The summed E-state index contributed by atoms with van der Waals surface area (Å²) in [5.41, 5.74) is 1.07. The van der Waals surface area contributed by atoms with Crippen molar-refractivity contribution in [3.8, 4) is 0 Å². The lowest BCUT2D eigenvalue weighted by molar-refractivity contribution is -0.127. The van der Waals surface area contributed by atoms with Crippen LogP contribution < -0.4 is 10.6 Å². The van der Waals surface area contributed by atoms with Crippen LogP contribution in [0.3, 0.4) is 0 Å². The van der Waals surface area contributed by atoms with Crippen molar-refractivity contribution < 1.29 is 4.79 Å². The number of carbonyl (C=O) groups is 1. The topological polar surface area (TPSA) is 69.6 Å². The molecular formula is C17H30IN5OS. The van der Waals surface area contributed by atoms with E-state index in [0.717, 1.165) is 49.0 Å². The van der Waals surface area contributed by atoms with Crippen LogP contribution in [0.4, 0.5) is 0 Å². The molecule has 0 aromatic carbocycles. The van der Waals surface area contributed by atoms with Gasteiger partial charge in [-0.25, -0.2) is 4.98 Å². The number of rotatable bonds is 8. The van der Waals surface area contributed by atoms with Gasteiger partial charge in [-0.15, -0.1) is 35.3 Å². The van der Waals surface area contributed by atoms with Crippen LogP contribution in [-0.2, 0) is 11.3 Å². The zero-order valence-corrected chi connectivity index (χ0v) is 18.5. The van der Waals surface area contributed by atoms with Crippen molar-refractivity contribution in [2.45, 2.75) is 46.1 Å². The fourth-order valence-electron chi connectivity index (χ4n) is 2.56. The molecule has 1 fully saturated rings. The van der Waals surface area contributed by atoms with Crippen LogP contribution >= 0.6 is 35.3 Å². The van der Waals surface area contributed by atoms with Gasteiger partial charge in [-0.2, -0.15) is 0 Å². The van der Waals surface area contributed by atoms with Crippen LogP contribution in [0.5, 0.6) is 0 Å². The first kappa shape index (κ1) is 22.1. The van der Waals surface area contributed by atoms with Gasteiger partial charge in [-0.3, -0.25) is 9.79 Å². The number of hydrogen-bond donors (Lipinski definition) is 2. The highest BCUT2D eigenvalue weighted by Gasteiger charge is 2.24. The van der Waals surface area contributed by atoms with Crippen molar-refractivity contribution in [3.05, 3.63) is 16.1 Å². The molecule has 142 valence electrons. The minimum atomic E-state index is 0. The van der Waals surface area contributed by atoms with Gasteiger partial charge in [-0.05, 0) is 33.1 Å². The summed E-state index contributed by atoms with van der Waals surface area (Å²) in [6, 6.07) is 0. The molecule has 1 saturated carbocycles. The molecule has 25 heavy (non-hydrogen) atoms. The van der Waals surface area contributed by atoms with E-state index in [2.05, 4.69) is 37.8 Å². The zero-order chi connectivity index (χ0) is 17.4. The van der Waals surface area contributed by atoms with E-state index in [1.807, 2.05) is 14.0 Å². The Bertz CT molecular complexity index is 559. The fraction of sp³-hybridized carbons (Fsp3) is 0.706. The molecule has 0 bridgehead atoms. The minimum absolute atomic E-state index is 0. The molecule has 1 aliphatic carbocycles. The van der Waals surface area contributed by atoms with Gasteiger partial charge in [0.25, 0.3) is 0 Å². The highest BCUT2D eigenvalue weighted by molar-refractivity contribution is 14.0. The van der Waals surface area contributed by atoms with Gasteiger partial charge in [0.15, 0.2) is 5.96 Å². The molecule has 1 amide bonds. The Morgan fingerprint density at radius 2 is 2.20 bits per heavy atom. The number of guanidine groups is 1. The summed E-state index contributed by atoms with van der Waals surface area (Å²) in [7, 11) is 2.02. The second kappa shape index (κ2) is 11.7. The molecule has 1 aromatic rings. The number of carbonyl (C=O) groups excluding carboxylic acids is 1. The first-order chi connectivity index (χ1) is 11.6. The normalized spacial score (nSPS) is 14.4. The van der Waals surface area contributed by atoms with Crippen LogP contribution in [0, 0.1) is 12.8 Å². The van der Waals surface area contributed by atoms with Crippen LogP contribution in [0.25, 0.3) is 0 Å². The van der Waals surface area contributed by atoms with Crippen molar-refractivity contribution in [3.63, 3.8) is 0 Å². The Hall–Kier alpha value is -0.900. The fourth-order valence-corrected chi connectivity index (χ4v) is 3.16. The van der Waals surface area contributed by atoms with Crippen molar-refractivity contribution in [2.75, 3.05) is 26.7 Å². The SMILES string of the molecule is CCNC(=NCCCNC(=O)C1CCC1)N(C)Cc1csc(C)n1.I. The smallest absolute Gasteiger partial charge is 0.223 e. The number of halogens is 1. The maximum Gasteiger partial charge on any atom is 0.223 e. The Kier molecular flexibility index (Phi) is 10.3. The highest BCUT2D eigenvalue weighted by atomic mass is 127. The van der Waals surface area contributed by atoms with Crippen molar-refractivity contribution in [2.24, 2.45) is 10.9 Å². The third-order valence-corrected chi connectivity index (χ3v) is 4.96. The standard InChI is InChI=1S/C17H29N5OS.HI/c1-4-18-17(22(3)11-15-12-24-13(2)21-15)20-10-6-9-19-16(23)14-7-5-8-14;/h12,14H,4-11H2,1-3H3,(H,18,20)(H,19,23);1H. The third-order valence-electron chi connectivity index (χ3n) is 4.13. The molecule has 2 N–H and O–H groups in total. The van der Waals surface area contributed by atoms with E-state index in [-0.39, 0.29) is 35.8 Å². The summed E-state index contributed by atoms with van der Waals surface area (Å²) in [5, 5.41) is 9.50. The van der Waals surface area contributed by atoms with E-state index in [4.69, 9.17) is 0 Å². The van der Waals surface area contributed by atoms with E-state index < -0.39 is 0 Å². The Balaban J connectivity index is 0.00000312. The average Bonchev–Trinajstić information content (AvgIpc) is 2.89. The third kappa shape index (κ3) is 7.47. The predicted molar refractivity (Wildman–Crippen MR) is 115 cm³/mol. The van der Waals surface area contributed by atoms with Crippen LogP contribution in [0.15, 0.2) is 10.4 Å². The number of aliphatic imine (C=N–C) groups is 1. The molecule has 1 aromatic heterocycles. The van der Waals surface area contributed by atoms with Gasteiger partial charge < -0.3 is 15.5 Å². The molecule has 8 heteroatoms. The van der Waals surface area contributed by atoms with Crippen LogP contribution in [0.2, 0.25) is 0 Å². The number of hydrogen-bond acceptors (Lipinski definition) is 4. The number of nitrogens with zero attached hydrogens (tertiary/aromatic N) is 3. The number of aryl methyl sites for hydroxylation is 1. The van der Waals surface area contributed by atoms with E-state index in [0.29, 0.717) is 13.1 Å². The zero-order valence-electron chi connectivity index (χ0n) is 15.4. The summed E-state index contributed by atoms with van der Waals surface area (Å²) in [6.07, 6.45) is 4.15. The summed E-state index contributed by atoms with van der Waals surface area (Å²) in [6.45, 7) is 7.06. The second-order valence-corrected chi connectivity index (χ2v) is 7.28. The Morgan fingerprint density at radius 1 is 1.44 bits per heavy atom. The summed E-state index contributed by atoms with van der Waals surface area (Å²) >= 11 is 1.67. The van der Waals surface area contributed by atoms with Gasteiger partial charge in [0, 0.05) is 38.0 Å². The molecule has 0 unspecified atom stereocenters. The van der Waals surface area contributed by atoms with Gasteiger partial charge in [0.1, 0.15) is 0 Å². The second-order valence-electron chi connectivity index (χ2n) is 6.22. The highest BCUT2D eigenvalue weighted by Crippen LogP contribution is 2.26. The summed E-state index contributed by atoms with van der Waals surface area (Å²) in [5.74, 6) is 1.36. The molecule has 0 spiro atoms. The van der Waals surface area contributed by atoms with E-state index in [1.54, 1.807) is 11.3 Å². The number of thiazole rings is 1. The van der Waals surface area contributed by atoms with Gasteiger partial charge >= 0.3 is 0 Å². The molecule has 0 atom stereocenters. The first-order valence-corrected chi connectivity index (χ1v) is 9.66. The molecular weight excluding hydrogens is 449 g/mol. The van der Waals surface area contributed by atoms with Crippen LogP contribution in [-0.4, -0.2) is 48.4 Å². The summed E-state index contributed by atoms with van der Waals surface area (Å²) in [4.78, 5) is 23.0. The van der Waals surface area contributed by atoms with Crippen LogP contribution in [0.1, 0.15) is 43.3 Å². The lowest BCUT2D eigenvalue weighted by atomic mass is 9.85. The molecule has 0 radical (unpaired) electrons. The predicted octanol–water partition coefficient (Wildman–Crippen LogP) is 2.77. The molecule has 2 rings (SSSR count). The molecule has 1 aliphatic rings. The summed E-state index contributed by atoms with van der Waals surface area (Å²) < 4.78 is 0. The van der Waals surface area contributed by atoms with Gasteiger partial charge in [0.05, 0.1) is 17.2 Å². The minimum Gasteiger partial charge on any atom is -0.357 e. The molecule has 0 saturated heterocycles. The number of aromatic nitrogens is 1. The Labute approximate surface area is 171 Å². The average molecular weight is 479 g/mol. The number of nitrogens with one attached hydrogen (secondary N) is 2. The van der Waals surface area contributed by atoms with Crippen molar-refractivity contribution >= 4 is 47.2 Å². The lowest BCUT2D eigenvalue weighted by Gasteiger charge is -2.24. The van der Waals surface area contributed by atoms with E-state index in [1.165, 1.54) is 6.42 Å². The van der Waals surface area contributed by atoms with Crippen molar-refractivity contribution in [1.29, 1.82) is 0 Å². The monoisotopic (exact) mass is 479 g/mol. The number of amides is 1. The largest absolute Gasteiger partial charge is 0.357 e. The maximum absolute atomic E-state index is 11.8. The van der Waals surface area contributed by atoms with Gasteiger partial charge in [0.2, 0.25) is 5.91 Å². The van der Waals surface area contributed by atoms with Gasteiger partial charge in [-0.1, -0.05) is 6.42 Å².